The van der Waals surface area contributed by atoms with E-state index in [-0.39, 0.29) is 0 Å². The van der Waals surface area contributed by atoms with Gasteiger partial charge in [0.2, 0.25) is 0 Å². The molecular formula is C9H15NS. The lowest BCUT2D eigenvalue weighted by Crippen LogP contribution is -2.10. The summed E-state index contributed by atoms with van der Waals surface area (Å²) in [6.07, 6.45) is 1.23. The van der Waals surface area contributed by atoms with Gasteiger partial charge in [0.1, 0.15) is 0 Å². The van der Waals surface area contributed by atoms with Gasteiger partial charge in [-0.1, -0.05) is 13.0 Å². The zero-order valence-corrected chi connectivity index (χ0v) is 7.95. The number of rotatable bonds is 4. The van der Waals surface area contributed by atoms with E-state index < -0.39 is 0 Å². The van der Waals surface area contributed by atoms with Crippen LogP contribution in [0.15, 0.2) is 17.5 Å². The maximum atomic E-state index is 3.17. The van der Waals surface area contributed by atoms with Crippen LogP contribution in [0.25, 0.3) is 0 Å². The van der Waals surface area contributed by atoms with E-state index in [0.717, 1.165) is 6.54 Å². The number of hydrogen-bond acceptors (Lipinski definition) is 2. The summed E-state index contributed by atoms with van der Waals surface area (Å²) in [4.78, 5) is 1.50. The van der Waals surface area contributed by atoms with Crippen LogP contribution in [0.3, 0.4) is 0 Å². The van der Waals surface area contributed by atoms with Crippen LogP contribution >= 0.6 is 11.3 Å². The van der Waals surface area contributed by atoms with Crippen molar-refractivity contribution in [3.63, 3.8) is 0 Å². The molecule has 1 aromatic rings. The van der Waals surface area contributed by atoms with Gasteiger partial charge in [0, 0.05) is 4.88 Å². The molecule has 0 spiro atoms. The van der Waals surface area contributed by atoms with Crippen molar-refractivity contribution < 1.29 is 0 Å². The van der Waals surface area contributed by atoms with Crippen LogP contribution in [0.1, 0.15) is 24.1 Å². The second kappa shape index (κ2) is 4.52. The van der Waals surface area contributed by atoms with Gasteiger partial charge in [-0.05, 0) is 37.4 Å². The smallest absolute Gasteiger partial charge is 0.00739 e. The minimum absolute atomic E-state index is 0.711. The molecule has 0 bridgehead atoms. The Morgan fingerprint density at radius 1 is 1.64 bits per heavy atom. The zero-order valence-electron chi connectivity index (χ0n) is 7.13. The second-order valence-electron chi connectivity index (χ2n) is 2.81. The normalized spacial score (nSPS) is 13.3. The first-order valence-electron chi connectivity index (χ1n) is 4.02. The highest BCUT2D eigenvalue weighted by atomic mass is 32.1. The minimum Gasteiger partial charge on any atom is -0.320 e. The van der Waals surface area contributed by atoms with Gasteiger partial charge in [0.25, 0.3) is 0 Å². The first-order valence-corrected chi connectivity index (χ1v) is 4.90. The molecule has 0 amide bonds. The molecule has 1 N–H and O–H groups in total. The van der Waals surface area contributed by atoms with Crippen molar-refractivity contribution in [1.82, 2.24) is 5.32 Å². The Bertz CT molecular complexity index is 181. The molecule has 11 heavy (non-hydrogen) atoms. The lowest BCUT2D eigenvalue weighted by molar-refractivity contribution is 0.644. The van der Waals surface area contributed by atoms with Gasteiger partial charge in [-0.25, -0.2) is 0 Å². The van der Waals surface area contributed by atoms with Gasteiger partial charge >= 0.3 is 0 Å². The molecular weight excluding hydrogens is 154 g/mol. The first-order chi connectivity index (χ1) is 5.34. The molecule has 1 aromatic heterocycles. The topological polar surface area (TPSA) is 12.0 Å². The lowest BCUT2D eigenvalue weighted by atomic mass is 10.1. The lowest BCUT2D eigenvalue weighted by Gasteiger charge is -2.07. The van der Waals surface area contributed by atoms with Crippen molar-refractivity contribution in [2.24, 2.45) is 0 Å². The van der Waals surface area contributed by atoms with Gasteiger partial charge in [-0.15, -0.1) is 11.3 Å². The highest BCUT2D eigenvalue weighted by molar-refractivity contribution is 7.10. The van der Waals surface area contributed by atoms with Crippen LogP contribution in [-0.2, 0) is 0 Å². The molecule has 0 radical (unpaired) electrons. The summed E-state index contributed by atoms with van der Waals surface area (Å²) >= 11 is 1.85. The van der Waals surface area contributed by atoms with Crippen LogP contribution in [0, 0.1) is 0 Å². The summed E-state index contributed by atoms with van der Waals surface area (Å²) < 4.78 is 0. The largest absolute Gasteiger partial charge is 0.320 e. The molecule has 1 heterocycles. The SMILES string of the molecule is CNCCC(C)c1cccs1. The number of nitrogens with one attached hydrogen (secondary N) is 1. The van der Waals surface area contributed by atoms with Crippen LogP contribution in [0.4, 0.5) is 0 Å². The van der Waals surface area contributed by atoms with Crippen LogP contribution in [0.2, 0.25) is 0 Å². The maximum absolute atomic E-state index is 3.17. The van der Waals surface area contributed by atoms with Gasteiger partial charge in [-0.3, -0.25) is 0 Å². The summed E-state index contributed by atoms with van der Waals surface area (Å²) in [6.45, 7) is 3.39. The van der Waals surface area contributed by atoms with Gasteiger partial charge in [-0.2, -0.15) is 0 Å². The average molecular weight is 169 g/mol. The average Bonchev–Trinajstić information content (AvgIpc) is 2.52. The molecule has 62 valence electrons. The second-order valence-corrected chi connectivity index (χ2v) is 3.79. The van der Waals surface area contributed by atoms with Crippen LogP contribution in [-0.4, -0.2) is 13.6 Å². The summed E-state index contributed by atoms with van der Waals surface area (Å²) in [5.41, 5.74) is 0. The van der Waals surface area contributed by atoms with E-state index in [1.807, 2.05) is 18.4 Å². The molecule has 0 fully saturated rings. The van der Waals surface area contributed by atoms with Crippen LogP contribution in [0.5, 0.6) is 0 Å². The minimum atomic E-state index is 0.711. The molecule has 1 atom stereocenters. The fourth-order valence-corrected chi connectivity index (χ4v) is 1.90. The van der Waals surface area contributed by atoms with Crippen molar-refractivity contribution in [3.05, 3.63) is 22.4 Å². The van der Waals surface area contributed by atoms with E-state index in [0.29, 0.717) is 5.92 Å². The van der Waals surface area contributed by atoms with E-state index in [4.69, 9.17) is 0 Å². The van der Waals surface area contributed by atoms with Gasteiger partial charge in [0.15, 0.2) is 0 Å². The fraction of sp³-hybridized carbons (Fsp3) is 0.556. The van der Waals surface area contributed by atoms with E-state index in [9.17, 15) is 0 Å². The first kappa shape index (κ1) is 8.75. The summed E-state index contributed by atoms with van der Waals surface area (Å²) in [7, 11) is 2.00. The maximum Gasteiger partial charge on any atom is 0.00739 e. The molecule has 1 unspecified atom stereocenters. The third-order valence-corrected chi connectivity index (χ3v) is 2.96. The molecule has 1 rings (SSSR count). The molecule has 0 saturated carbocycles. The molecule has 0 saturated heterocycles. The Morgan fingerprint density at radius 3 is 3.00 bits per heavy atom. The molecule has 0 aliphatic carbocycles. The molecule has 0 aromatic carbocycles. The summed E-state index contributed by atoms with van der Waals surface area (Å²) in [5, 5.41) is 5.31. The van der Waals surface area contributed by atoms with E-state index in [1.54, 1.807) is 0 Å². The highest BCUT2D eigenvalue weighted by Gasteiger charge is 2.04. The monoisotopic (exact) mass is 169 g/mol. The third-order valence-electron chi connectivity index (χ3n) is 1.86. The Labute approximate surface area is 72.4 Å². The predicted molar refractivity (Wildman–Crippen MR) is 51.3 cm³/mol. The Morgan fingerprint density at radius 2 is 2.45 bits per heavy atom. The van der Waals surface area contributed by atoms with Crippen molar-refractivity contribution in [2.75, 3.05) is 13.6 Å². The van der Waals surface area contributed by atoms with E-state index in [2.05, 4.69) is 29.8 Å². The molecule has 2 heteroatoms. The summed E-state index contributed by atoms with van der Waals surface area (Å²) in [6, 6.07) is 4.33. The van der Waals surface area contributed by atoms with Crippen molar-refractivity contribution in [1.29, 1.82) is 0 Å². The zero-order chi connectivity index (χ0) is 8.10. The molecule has 0 aliphatic heterocycles. The van der Waals surface area contributed by atoms with Crippen LogP contribution < -0.4 is 5.32 Å². The fourth-order valence-electron chi connectivity index (χ4n) is 1.07. The third kappa shape index (κ3) is 2.64. The predicted octanol–water partition coefficient (Wildman–Crippen LogP) is 2.46. The Kier molecular flexibility index (Phi) is 3.60. The quantitative estimate of drug-likeness (QED) is 0.730. The van der Waals surface area contributed by atoms with E-state index in [1.165, 1.54) is 11.3 Å². The van der Waals surface area contributed by atoms with Crippen molar-refractivity contribution in [3.8, 4) is 0 Å². The summed E-state index contributed by atoms with van der Waals surface area (Å²) in [5.74, 6) is 0.711. The van der Waals surface area contributed by atoms with E-state index >= 15 is 0 Å². The molecule has 0 aliphatic rings. The Hall–Kier alpha value is -0.340. The molecule has 1 nitrogen and oxygen atoms in total. The van der Waals surface area contributed by atoms with Crippen molar-refractivity contribution in [2.45, 2.75) is 19.3 Å². The number of thiophene rings is 1. The Balaban J connectivity index is 2.36. The highest BCUT2D eigenvalue weighted by Crippen LogP contribution is 2.22. The number of hydrogen-bond donors (Lipinski definition) is 1. The standard InChI is InChI=1S/C9H15NS/c1-8(5-6-10-2)9-4-3-7-11-9/h3-4,7-8,10H,5-6H2,1-2H3. The van der Waals surface area contributed by atoms with Gasteiger partial charge < -0.3 is 5.32 Å². The van der Waals surface area contributed by atoms with Gasteiger partial charge in [0.05, 0.1) is 0 Å². The van der Waals surface area contributed by atoms with Crippen molar-refractivity contribution >= 4 is 11.3 Å².